The highest BCUT2D eigenvalue weighted by Gasteiger charge is 2.31. The van der Waals surface area contributed by atoms with Crippen LogP contribution in [0.2, 0.25) is 0 Å². The lowest BCUT2D eigenvalue weighted by Crippen LogP contribution is -2.37. The molecule has 1 aliphatic rings. The summed E-state index contributed by atoms with van der Waals surface area (Å²) in [4.78, 5) is 21.3. The number of anilines is 12. The second-order valence-corrected chi connectivity index (χ2v) is 23.9. The van der Waals surface area contributed by atoms with Gasteiger partial charge in [-0.2, -0.15) is 0 Å². The van der Waals surface area contributed by atoms with Gasteiger partial charge in [0.2, 0.25) is 6.29 Å². The van der Waals surface area contributed by atoms with Crippen LogP contribution in [0.15, 0.2) is 380 Å². The average molecular weight is 1230 g/mol. The molecule has 0 radical (unpaired) electrons. The largest absolute Gasteiger partial charge is 0.331 e. The van der Waals surface area contributed by atoms with Crippen LogP contribution in [0.25, 0.3) is 49.3 Å². The van der Waals surface area contributed by atoms with Gasteiger partial charge in [-0.1, -0.05) is 212 Å². The van der Waals surface area contributed by atoms with Crippen LogP contribution >= 0.6 is 0 Å². The van der Waals surface area contributed by atoms with E-state index >= 15 is 0 Å². The summed E-state index contributed by atoms with van der Waals surface area (Å²) in [5.41, 5.74) is 18.7. The minimum atomic E-state index is -0.778. The summed E-state index contributed by atoms with van der Waals surface area (Å²) in [6, 6.07) is 132. The molecular formula is C87H63N9. The van der Waals surface area contributed by atoms with E-state index in [4.69, 9.17) is 9.98 Å². The summed E-state index contributed by atoms with van der Waals surface area (Å²) < 4.78 is 4.86. The SMILES string of the molecule is c1ccc(N(c2ccccc2)c2cc(C3=NC(n4c5ccccc5c5ccc6c7ccccc7n(-c7ccccc7)c6c54)NC(c4cc(N(c5ccccc5)c5ccccc5)cc(N(c5ccccc5)c5ccccc5)c4)=N3)cc(N(c3ccccc3)c3ccccc3)c2)cc1. The van der Waals surface area contributed by atoms with Gasteiger partial charge in [0.1, 0.15) is 5.84 Å². The Morgan fingerprint density at radius 3 is 0.938 bits per heavy atom. The minimum absolute atomic E-state index is 0.540. The number of nitrogens with one attached hydrogen (secondary N) is 1. The lowest BCUT2D eigenvalue weighted by Gasteiger charge is -2.32. The molecule has 9 heteroatoms. The molecule has 3 heterocycles. The van der Waals surface area contributed by atoms with Crippen LogP contribution in [0.5, 0.6) is 0 Å². The normalized spacial score (nSPS) is 12.9. The Kier molecular flexibility index (Phi) is 14.8. The Bertz CT molecular complexity index is 5130. The molecule has 0 amide bonds. The van der Waals surface area contributed by atoms with Crippen LogP contribution in [0.4, 0.5) is 68.2 Å². The number of hydrogen-bond acceptors (Lipinski definition) is 7. The van der Waals surface area contributed by atoms with Crippen molar-refractivity contribution >= 4 is 124 Å². The molecule has 9 nitrogen and oxygen atoms in total. The van der Waals surface area contributed by atoms with E-state index in [1.54, 1.807) is 0 Å². The number of aromatic nitrogens is 2. The second-order valence-electron chi connectivity index (χ2n) is 23.9. The van der Waals surface area contributed by atoms with Crippen molar-refractivity contribution in [2.45, 2.75) is 6.29 Å². The van der Waals surface area contributed by atoms with Crippen molar-refractivity contribution in [3.05, 3.63) is 381 Å². The average Bonchev–Trinajstić information content (AvgIpc) is 1.56. The van der Waals surface area contributed by atoms with Crippen molar-refractivity contribution < 1.29 is 0 Å². The monoisotopic (exact) mass is 1230 g/mol. The Balaban J connectivity index is 0.985. The van der Waals surface area contributed by atoms with E-state index in [0.29, 0.717) is 11.7 Å². The van der Waals surface area contributed by atoms with Crippen LogP contribution in [0, 0.1) is 0 Å². The molecule has 0 saturated carbocycles. The van der Waals surface area contributed by atoms with Gasteiger partial charge < -0.3 is 29.5 Å². The molecule has 14 aromatic carbocycles. The van der Waals surface area contributed by atoms with Crippen molar-refractivity contribution in [2.24, 2.45) is 9.98 Å². The second kappa shape index (κ2) is 24.9. The van der Waals surface area contributed by atoms with Gasteiger partial charge in [0.25, 0.3) is 0 Å². The van der Waals surface area contributed by atoms with E-state index < -0.39 is 6.29 Å². The van der Waals surface area contributed by atoms with E-state index in [-0.39, 0.29) is 0 Å². The molecule has 0 fully saturated rings. The maximum absolute atomic E-state index is 6.04. The molecule has 0 saturated heterocycles. The van der Waals surface area contributed by atoms with Crippen molar-refractivity contribution in [3.8, 4) is 5.69 Å². The van der Waals surface area contributed by atoms with Gasteiger partial charge in [0, 0.05) is 107 Å². The summed E-state index contributed by atoms with van der Waals surface area (Å²) in [6.07, 6.45) is -0.778. The van der Waals surface area contributed by atoms with Gasteiger partial charge in [-0.3, -0.25) is 4.57 Å². The topological polar surface area (TPSA) is 59.6 Å². The maximum atomic E-state index is 6.04. The van der Waals surface area contributed by atoms with Gasteiger partial charge in [-0.15, -0.1) is 0 Å². The summed E-state index contributed by atoms with van der Waals surface area (Å²) in [5, 5.41) is 8.67. The fraction of sp³-hybridized carbons (Fsp3) is 0.0115. The standard InChI is InChI=1S/C87H63N9/c1-10-32-64(33-11-1)91(65-34-12-2-13-35-65)73-56-62(57-74(60-73)92(66-36-14-3-15-37-66)67-38-16-4-17-39-67)85-88-86(90-87(89-85)96-82-53-31-29-51-78(82)80-55-54-79-77-50-28-30-52-81(77)95(83(79)84(80)96)72-48-26-9-27-49-72)63-58-75(93(68-40-18-5-19-41-68)69-42-20-6-21-43-69)61-76(59-63)94(70-44-22-7-23-45-70)71-46-24-8-25-47-71/h1-61,87H,(H,88,89,90). The molecule has 2 aromatic heterocycles. The first kappa shape index (κ1) is 57.0. The zero-order valence-corrected chi connectivity index (χ0v) is 52.4. The molecule has 16 aromatic rings. The Labute approximate surface area is 557 Å². The predicted molar refractivity (Wildman–Crippen MR) is 401 cm³/mol. The summed E-state index contributed by atoms with van der Waals surface area (Å²) >= 11 is 0. The van der Waals surface area contributed by atoms with Crippen LogP contribution in [-0.4, -0.2) is 20.8 Å². The van der Waals surface area contributed by atoms with Gasteiger partial charge in [0.05, 0.1) is 22.1 Å². The molecule has 1 unspecified atom stereocenters. The molecule has 0 spiro atoms. The van der Waals surface area contributed by atoms with Crippen molar-refractivity contribution in [1.29, 1.82) is 0 Å². The molecule has 456 valence electrons. The van der Waals surface area contributed by atoms with Crippen LogP contribution in [0.1, 0.15) is 17.4 Å². The van der Waals surface area contributed by atoms with E-state index in [1.165, 1.54) is 0 Å². The summed E-state index contributed by atoms with van der Waals surface area (Å²) in [7, 11) is 0. The number of fused-ring (bicyclic) bond motifs is 7. The zero-order chi connectivity index (χ0) is 63.7. The number of amidine groups is 2. The molecule has 96 heavy (non-hydrogen) atoms. The fourth-order valence-electron chi connectivity index (χ4n) is 13.9. The fourth-order valence-corrected chi connectivity index (χ4v) is 13.9. The molecule has 17 rings (SSSR count). The van der Waals surface area contributed by atoms with Crippen LogP contribution in [0.3, 0.4) is 0 Å². The number of benzene rings is 14. The minimum Gasteiger partial charge on any atom is -0.331 e. The quantitative estimate of drug-likeness (QED) is 0.104. The number of para-hydroxylation sites is 11. The van der Waals surface area contributed by atoms with E-state index in [2.05, 4.69) is 404 Å². The van der Waals surface area contributed by atoms with Gasteiger partial charge >= 0.3 is 0 Å². The third-order valence-electron chi connectivity index (χ3n) is 18.0. The van der Waals surface area contributed by atoms with E-state index in [0.717, 1.165) is 129 Å². The number of aliphatic imine (C=N–C) groups is 2. The van der Waals surface area contributed by atoms with Crippen molar-refractivity contribution in [2.75, 3.05) is 19.6 Å². The van der Waals surface area contributed by atoms with Crippen molar-refractivity contribution in [1.82, 2.24) is 14.5 Å². The maximum Gasteiger partial charge on any atom is 0.204 e. The predicted octanol–water partition coefficient (Wildman–Crippen LogP) is 22.7. The van der Waals surface area contributed by atoms with E-state index in [1.807, 2.05) is 0 Å². The highest BCUT2D eigenvalue weighted by atomic mass is 15.3. The first-order valence-electron chi connectivity index (χ1n) is 32.5. The molecule has 1 aliphatic heterocycles. The summed E-state index contributed by atoms with van der Waals surface area (Å²) in [5.74, 6) is 1.17. The smallest absolute Gasteiger partial charge is 0.204 e. The Hall–Kier alpha value is -13.0. The Morgan fingerprint density at radius 2 is 0.562 bits per heavy atom. The number of hydrogen-bond donors (Lipinski definition) is 1. The molecule has 1 N–H and O–H groups in total. The first-order chi connectivity index (χ1) is 47.6. The lowest BCUT2D eigenvalue weighted by atomic mass is 10.1. The molecular weight excluding hydrogens is 1170 g/mol. The van der Waals surface area contributed by atoms with Gasteiger partial charge in [-0.05, 0) is 158 Å². The third-order valence-corrected chi connectivity index (χ3v) is 18.0. The zero-order valence-electron chi connectivity index (χ0n) is 52.4. The van der Waals surface area contributed by atoms with Crippen LogP contribution < -0.4 is 24.9 Å². The lowest BCUT2D eigenvalue weighted by molar-refractivity contribution is 0.516. The summed E-state index contributed by atoms with van der Waals surface area (Å²) in [6.45, 7) is 0. The number of nitrogens with zero attached hydrogens (tertiary/aromatic N) is 8. The highest BCUT2D eigenvalue weighted by molar-refractivity contribution is 6.24. The molecule has 0 aliphatic carbocycles. The molecule has 0 bridgehead atoms. The van der Waals surface area contributed by atoms with E-state index in [9.17, 15) is 0 Å². The van der Waals surface area contributed by atoms with Crippen LogP contribution in [-0.2, 0) is 0 Å². The van der Waals surface area contributed by atoms with Crippen molar-refractivity contribution in [3.63, 3.8) is 0 Å². The molecule has 1 atom stereocenters. The Morgan fingerprint density at radius 1 is 0.260 bits per heavy atom. The van der Waals surface area contributed by atoms with Gasteiger partial charge in [0.15, 0.2) is 5.84 Å². The third kappa shape index (κ3) is 10.5. The highest BCUT2D eigenvalue weighted by Crippen LogP contribution is 2.47. The number of rotatable bonds is 16. The first-order valence-corrected chi connectivity index (χ1v) is 32.5. The van der Waals surface area contributed by atoms with Gasteiger partial charge in [-0.25, -0.2) is 9.98 Å².